The highest BCUT2D eigenvalue weighted by atomic mass is 16.5. The maximum absolute atomic E-state index is 12.4. The lowest BCUT2D eigenvalue weighted by Crippen LogP contribution is -2.37. The highest BCUT2D eigenvalue weighted by Crippen LogP contribution is 2.23. The number of anilines is 2. The summed E-state index contributed by atoms with van der Waals surface area (Å²) < 4.78 is 5.28. The molecule has 7 heteroatoms. The number of rotatable bonds is 4. The van der Waals surface area contributed by atoms with Crippen molar-refractivity contribution in [2.24, 2.45) is 0 Å². The average molecular weight is 341 g/mol. The van der Waals surface area contributed by atoms with E-state index in [-0.39, 0.29) is 11.5 Å². The number of benzene rings is 1. The van der Waals surface area contributed by atoms with Crippen LogP contribution in [-0.2, 0) is 4.74 Å². The summed E-state index contributed by atoms with van der Waals surface area (Å²) in [6.07, 6.45) is 1.48. The van der Waals surface area contributed by atoms with Crippen molar-refractivity contribution in [2.75, 3.05) is 36.5 Å². The third kappa shape index (κ3) is 3.77. The van der Waals surface area contributed by atoms with Crippen LogP contribution in [0.3, 0.4) is 0 Å². The Morgan fingerprint density at radius 3 is 2.60 bits per heavy atom. The standard InChI is InChI=1S/C18H19N3O4/c1-12-4-2-3-5-14(12)17(22)20-13-10-15(18(23)24)16(19-11-13)21-6-8-25-9-7-21/h2-5,10-11H,6-9H2,1H3,(H,20,22)(H,23,24). The highest BCUT2D eigenvalue weighted by molar-refractivity contribution is 6.06. The van der Waals surface area contributed by atoms with Crippen LogP contribution >= 0.6 is 0 Å². The molecule has 0 atom stereocenters. The number of carbonyl (C=O) groups is 2. The van der Waals surface area contributed by atoms with Gasteiger partial charge in [-0.15, -0.1) is 0 Å². The molecule has 2 heterocycles. The van der Waals surface area contributed by atoms with Gasteiger partial charge in [0.05, 0.1) is 25.1 Å². The van der Waals surface area contributed by atoms with Crippen LogP contribution in [-0.4, -0.2) is 48.3 Å². The smallest absolute Gasteiger partial charge is 0.339 e. The number of aromatic nitrogens is 1. The van der Waals surface area contributed by atoms with Gasteiger partial charge in [-0.3, -0.25) is 4.79 Å². The minimum absolute atomic E-state index is 0.0597. The number of aromatic carboxylic acids is 1. The van der Waals surface area contributed by atoms with Gasteiger partial charge in [0.15, 0.2) is 0 Å². The lowest BCUT2D eigenvalue weighted by atomic mass is 10.1. The molecule has 2 N–H and O–H groups in total. The highest BCUT2D eigenvalue weighted by Gasteiger charge is 2.21. The normalized spacial score (nSPS) is 14.2. The fourth-order valence-corrected chi connectivity index (χ4v) is 2.74. The molecule has 1 aliphatic heterocycles. The molecule has 1 aliphatic rings. The van der Waals surface area contributed by atoms with E-state index in [4.69, 9.17) is 4.74 Å². The molecule has 0 spiro atoms. The molecule has 0 aliphatic carbocycles. The Kier molecular flexibility index (Phi) is 4.95. The lowest BCUT2D eigenvalue weighted by molar-refractivity contribution is 0.0695. The molecule has 1 aromatic heterocycles. The predicted octanol–water partition coefficient (Wildman–Crippen LogP) is 2.18. The number of aryl methyl sites for hydroxylation is 1. The third-order valence-electron chi connectivity index (χ3n) is 4.06. The van der Waals surface area contributed by atoms with E-state index in [1.807, 2.05) is 24.0 Å². The molecule has 3 rings (SSSR count). The van der Waals surface area contributed by atoms with Crippen molar-refractivity contribution in [3.05, 3.63) is 53.2 Å². The van der Waals surface area contributed by atoms with E-state index in [0.717, 1.165) is 5.56 Å². The summed E-state index contributed by atoms with van der Waals surface area (Å²) >= 11 is 0. The number of amides is 1. The molecular formula is C18H19N3O4. The molecule has 1 saturated heterocycles. The fourth-order valence-electron chi connectivity index (χ4n) is 2.74. The largest absolute Gasteiger partial charge is 0.478 e. The van der Waals surface area contributed by atoms with Gasteiger partial charge in [0.2, 0.25) is 0 Å². The Hall–Kier alpha value is -2.93. The summed E-state index contributed by atoms with van der Waals surface area (Å²) in [7, 11) is 0. The van der Waals surface area contributed by atoms with Crippen molar-refractivity contribution in [3.63, 3.8) is 0 Å². The van der Waals surface area contributed by atoms with Gasteiger partial charge in [0.25, 0.3) is 5.91 Å². The number of nitrogens with zero attached hydrogens (tertiary/aromatic N) is 2. The summed E-state index contributed by atoms with van der Waals surface area (Å²) in [6.45, 7) is 4.08. The number of carboxylic acids is 1. The molecular weight excluding hydrogens is 322 g/mol. The molecule has 1 amide bonds. The van der Waals surface area contributed by atoms with Crippen LogP contribution in [0, 0.1) is 6.92 Å². The van der Waals surface area contributed by atoms with Crippen molar-refractivity contribution in [3.8, 4) is 0 Å². The van der Waals surface area contributed by atoms with Crippen LogP contribution in [0.2, 0.25) is 0 Å². The van der Waals surface area contributed by atoms with Gasteiger partial charge < -0.3 is 20.1 Å². The number of hydrogen-bond donors (Lipinski definition) is 2. The second kappa shape index (κ2) is 7.31. The number of morpholine rings is 1. The Labute approximate surface area is 145 Å². The molecule has 0 unspecified atom stereocenters. The van der Waals surface area contributed by atoms with Crippen molar-refractivity contribution >= 4 is 23.4 Å². The van der Waals surface area contributed by atoms with Crippen LogP contribution in [0.4, 0.5) is 11.5 Å². The first-order chi connectivity index (χ1) is 12.1. The van der Waals surface area contributed by atoms with Gasteiger partial charge in [-0.1, -0.05) is 18.2 Å². The monoisotopic (exact) mass is 341 g/mol. The topological polar surface area (TPSA) is 91.8 Å². The molecule has 130 valence electrons. The number of nitrogens with one attached hydrogen (secondary N) is 1. The van der Waals surface area contributed by atoms with E-state index in [9.17, 15) is 14.7 Å². The van der Waals surface area contributed by atoms with E-state index >= 15 is 0 Å². The minimum Gasteiger partial charge on any atom is -0.478 e. The van der Waals surface area contributed by atoms with Crippen molar-refractivity contribution in [1.29, 1.82) is 0 Å². The van der Waals surface area contributed by atoms with Crippen molar-refractivity contribution < 1.29 is 19.4 Å². The lowest BCUT2D eigenvalue weighted by Gasteiger charge is -2.28. The van der Waals surface area contributed by atoms with Crippen molar-refractivity contribution in [2.45, 2.75) is 6.92 Å². The first-order valence-corrected chi connectivity index (χ1v) is 7.99. The first-order valence-electron chi connectivity index (χ1n) is 7.99. The van der Waals surface area contributed by atoms with Gasteiger partial charge in [0.1, 0.15) is 11.4 Å². The van der Waals surface area contributed by atoms with Gasteiger partial charge >= 0.3 is 5.97 Å². The number of hydrogen-bond acceptors (Lipinski definition) is 5. The number of carboxylic acid groups (broad SMARTS) is 1. The quantitative estimate of drug-likeness (QED) is 0.886. The van der Waals surface area contributed by atoms with Gasteiger partial charge in [-0.05, 0) is 24.6 Å². The van der Waals surface area contributed by atoms with Crippen LogP contribution in [0.25, 0.3) is 0 Å². The van der Waals surface area contributed by atoms with Crippen molar-refractivity contribution in [1.82, 2.24) is 4.98 Å². The summed E-state index contributed by atoms with van der Waals surface area (Å²) in [5.41, 5.74) is 1.79. The van der Waals surface area contributed by atoms with E-state index in [2.05, 4.69) is 10.3 Å². The predicted molar refractivity (Wildman–Crippen MR) is 93.4 cm³/mol. The second-order valence-electron chi connectivity index (χ2n) is 5.77. The summed E-state index contributed by atoms with van der Waals surface area (Å²) in [4.78, 5) is 30.1. The Morgan fingerprint density at radius 1 is 1.20 bits per heavy atom. The number of pyridine rings is 1. The molecule has 7 nitrogen and oxygen atoms in total. The fraction of sp³-hybridized carbons (Fsp3) is 0.278. The molecule has 0 radical (unpaired) electrons. The second-order valence-corrected chi connectivity index (χ2v) is 5.77. The minimum atomic E-state index is -1.08. The first kappa shape index (κ1) is 16.9. The zero-order chi connectivity index (χ0) is 17.8. The maximum Gasteiger partial charge on any atom is 0.339 e. The Balaban J connectivity index is 1.85. The molecule has 25 heavy (non-hydrogen) atoms. The van der Waals surface area contributed by atoms with Gasteiger partial charge in [-0.2, -0.15) is 0 Å². The molecule has 1 fully saturated rings. The molecule has 2 aromatic rings. The van der Waals surface area contributed by atoms with Crippen LogP contribution < -0.4 is 10.2 Å². The Morgan fingerprint density at radius 2 is 1.92 bits per heavy atom. The van der Waals surface area contributed by atoms with E-state index in [1.54, 1.807) is 12.1 Å². The zero-order valence-electron chi connectivity index (χ0n) is 13.9. The van der Waals surface area contributed by atoms with E-state index in [0.29, 0.717) is 43.4 Å². The summed E-state index contributed by atoms with van der Waals surface area (Å²) in [5, 5.41) is 12.2. The number of ether oxygens (including phenoxy) is 1. The molecule has 1 aromatic carbocycles. The van der Waals surface area contributed by atoms with Gasteiger partial charge in [-0.25, -0.2) is 9.78 Å². The zero-order valence-corrected chi connectivity index (χ0v) is 13.9. The summed E-state index contributed by atoms with van der Waals surface area (Å²) in [6, 6.07) is 8.64. The third-order valence-corrected chi connectivity index (χ3v) is 4.06. The summed E-state index contributed by atoms with van der Waals surface area (Å²) in [5.74, 6) is -0.985. The maximum atomic E-state index is 12.4. The SMILES string of the molecule is Cc1ccccc1C(=O)Nc1cnc(N2CCOCC2)c(C(=O)O)c1. The molecule has 0 bridgehead atoms. The van der Waals surface area contributed by atoms with E-state index in [1.165, 1.54) is 12.3 Å². The van der Waals surface area contributed by atoms with Crippen LogP contribution in [0.5, 0.6) is 0 Å². The van der Waals surface area contributed by atoms with E-state index < -0.39 is 5.97 Å². The van der Waals surface area contributed by atoms with Gasteiger partial charge in [0, 0.05) is 18.7 Å². The van der Waals surface area contributed by atoms with Crippen LogP contribution in [0.1, 0.15) is 26.3 Å². The molecule has 0 saturated carbocycles. The number of carbonyl (C=O) groups excluding carboxylic acids is 1. The average Bonchev–Trinajstić information content (AvgIpc) is 2.62. The van der Waals surface area contributed by atoms with Crippen LogP contribution in [0.15, 0.2) is 36.5 Å². The Bertz CT molecular complexity index is 801.